The number of piperazine rings is 1. The molecule has 1 aromatic carbocycles. The number of likely N-dealkylation sites (N-methyl/N-ethyl adjacent to an activating group) is 1. The maximum absolute atomic E-state index is 12.6. The van der Waals surface area contributed by atoms with E-state index in [9.17, 15) is 9.90 Å². The first-order valence-corrected chi connectivity index (χ1v) is 10.1. The van der Waals surface area contributed by atoms with Crippen LogP contribution < -0.4 is 0 Å². The summed E-state index contributed by atoms with van der Waals surface area (Å²) in [5.74, 6) is 0.123. The molecule has 0 spiro atoms. The number of amides is 1. The third-order valence-electron chi connectivity index (χ3n) is 5.98. The Kier molecular flexibility index (Phi) is 6.87. The van der Waals surface area contributed by atoms with Gasteiger partial charge in [-0.2, -0.15) is 0 Å². The van der Waals surface area contributed by atoms with Gasteiger partial charge in [0.2, 0.25) is 5.91 Å². The fraction of sp³-hybridized carbons (Fsp3) is 0.667. The Morgan fingerprint density at radius 1 is 1.19 bits per heavy atom. The molecule has 2 atom stereocenters. The van der Waals surface area contributed by atoms with E-state index in [2.05, 4.69) is 16.8 Å². The number of benzene rings is 1. The Labute approximate surface area is 162 Å². The normalized spacial score (nSPS) is 27.7. The summed E-state index contributed by atoms with van der Waals surface area (Å²) < 4.78 is 5.35. The molecule has 1 amide bonds. The van der Waals surface area contributed by atoms with Gasteiger partial charge in [0.1, 0.15) is 5.60 Å². The number of carbonyl (C=O) groups excluding carboxylic acids is 1. The molecule has 2 aliphatic rings. The van der Waals surface area contributed by atoms with E-state index >= 15 is 0 Å². The van der Waals surface area contributed by atoms with E-state index in [-0.39, 0.29) is 11.9 Å². The number of hydrogen-bond donors (Lipinski definition) is 1. The summed E-state index contributed by atoms with van der Waals surface area (Å²) in [6.45, 7) is 7.99. The summed E-state index contributed by atoms with van der Waals surface area (Å²) in [6, 6.07) is 9.87. The summed E-state index contributed by atoms with van der Waals surface area (Å²) in [6.07, 6.45) is 0.974. The molecule has 27 heavy (non-hydrogen) atoms. The van der Waals surface area contributed by atoms with E-state index in [1.165, 1.54) is 0 Å². The summed E-state index contributed by atoms with van der Waals surface area (Å²) in [7, 11) is 2.13. The lowest BCUT2D eigenvalue weighted by Crippen LogP contribution is -2.64. The molecule has 2 aliphatic heterocycles. The summed E-state index contributed by atoms with van der Waals surface area (Å²) in [5, 5.41) is 11.7. The lowest BCUT2D eigenvalue weighted by atomic mass is 9.79. The molecule has 2 heterocycles. The van der Waals surface area contributed by atoms with Crippen LogP contribution in [0.2, 0.25) is 0 Å². The van der Waals surface area contributed by atoms with Crippen LogP contribution in [0.4, 0.5) is 0 Å². The molecule has 0 radical (unpaired) electrons. The molecule has 3 rings (SSSR count). The lowest BCUT2D eigenvalue weighted by molar-refractivity contribution is -0.146. The molecule has 0 saturated carbocycles. The average molecular weight is 376 g/mol. The van der Waals surface area contributed by atoms with Gasteiger partial charge in [-0.25, -0.2) is 0 Å². The molecule has 150 valence electrons. The van der Waals surface area contributed by atoms with E-state index in [0.717, 1.165) is 31.7 Å². The maximum Gasteiger partial charge on any atom is 0.224 e. The van der Waals surface area contributed by atoms with E-state index < -0.39 is 5.60 Å². The van der Waals surface area contributed by atoms with Crippen molar-refractivity contribution < 1.29 is 14.6 Å². The van der Waals surface area contributed by atoms with E-state index in [0.29, 0.717) is 39.1 Å². The number of rotatable bonds is 6. The quantitative estimate of drug-likeness (QED) is 0.756. The second-order valence-electron chi connectivity index (χ2n) is 7.68. The number of ether oxygens (including phenoxy) is 1. The van der Waals surface area contributed by atoms with Crippen LogP contribution in [0.25, 0.3) is 0 Å². The van der Waals surface area contributed by atoms with E-state index in [1.807, 2.05) is 42.2 Å². The highest BCUT2D eigenvalue weighted by molar-refractivity contribution is 5.76. The predicted octanol–water partition coefficient (Wildman–Crippen LogP) is 1.15. The van der Waals surface area contributed by atoms with Crippen molar-refractivity contribution in [2.45, 2.75) is 31.4 Å². The maximum atomic E-state index is 12.6. The molecule has 0 bridgehead atoms. The number of likely N-dealkylation sites (tertiary alicyclic amines) is 1. The van der Waals surface area contributed by atoms with Crippen LogP contribution in [0.3, 0.4) is 0 Å². The highest BCUT2D eigenvalue weighted by atomic mass is 16.5. The Hall–Kier alpha value is -1.47. The fourth-order valence-corrected chi connectivity index (χ4v) is 4.23. The van der Waals surface area contributed by atoms with Gasteiger partial charge in [0, 0.05) is 45.9 Å². The predicted molar refractivity (Wildman–Crippen MR) is 106 cm³/mol. The smallest absolute Gasteiger partial charge is 0.224 e. The van der Waals surface area contributed by atoms with Gasteiger partial charge in [-0.15, -0.1) is 0 Å². The first-order valence-electron chi connectivity index (χ1n) is 10.1. The number of aliphatic hydroxyl groups is 1. The van der Waals surface area contributed by atoms with Crippen LogP contribution in [-0.2, 0) is 15.1 Å². The average Bonchev–Trinajstić information content (AvgIpc) is 2.70. The zero-order chi connectivity index (χ0) is 19.3. The number of piperidine rings is 1. The van der Waals surface area contributed by atoms with Gasteiger partial charge in [-0.1, -0.05) is 30.3 Å². The van der Waals surface area contributed by atoms with Crippen molar-refractivity contribution in [3.63, 3.8) is 0 Å². The van der Waals surface area contributed by atoms with Crippen LogP contribution in [0, 0.1) is 0 Å². The number of carbonyl (C=O) groups is 1. The topological polar surface area (TPSA) is 56.2 Å². The highest BCUT2D eigenvalue weighted by Gasteiger charge is 2.46. The van der Waals surface area contributed by atoms with Gasteiger partial charge in [0.05, 0.1) is 19.1 Å². The molecule has 0 aliphatic carbocycles. The minimum absolute atomic E-state index is 0.0848. The molecule has 6 heteroatoms. The minimum atomic E-state index is -0.923. The Bertz CT molecular complexity index is 604. The fourth-order valence-electron chi connectivity index (χ4n) is 4.23. The van der Waals surface area contributed by atoms with Crippen LogP contribution in [0.15, 0.2) is 30.3 Å². The molecule has 6 nitrogen and oxygen atoms in total. The first-order chi connectivity index (χ1) is 13.0. The van der Waals surface area contributed by atoms with Crippen LogP contribution in [0.1, 0.15) is 25.3 Å². The van der Waals surface area contributed by atoms with Crippen LogP contribution in [0.5, 0.6) is 0 Å². The zero-order valence-corrected chi connectivity index (χ0v) is 16.6. The highest BCUT2D eigenvalue weighted by Crippen LogP contribution is 2.36. The lowest BCUT2D eigenvalue weighted by Gasteiger charge is -2.51. The van der Waals surface area contributed by atoms with E-state index in [4.69, 9.17) is 4.74 Å². The second-order valence-corrected chi connectivity index (χ2v) is 7.68. The first kappa shape index (κ1) is 20.3. The summed E-state index contributed by atoms with van der Waals surface area (Å²) >= 11 is 0. The van der Waals surface area contributed by atoms with Crippen molar-refractivity contribution in [3.8, 4) is 0 Å². The van der Waals surface area contributed by atoms with Crippen molar-refractivity contribution in [1.82, 2.24) is 14.7 Å². The minimum Gasteiger partial charge on any atom is -0.383 e. The van der Waals surface area contributed by atoms with Gasteiger partial charge in [-0.3, -0.25) is 9.69 Å². The standard InChI is InChI=1S/C21H33N3O3/c1-3-27-16-9-20(25)24-11-10-21(26,18-7-5-4-6-8-18)19(17-24)23-14-12-22(2)13-15-23/h4-8,19,26H,3,9-17H2,1-2H3/t19-,21+/m1/s1. The molecule has 0 aromatic heterocycles. The number of nitrogens with zero attached hydrogens (tertiary/aromatic N) is 3. The molecule has 1 aromatic rings. The molecule has 2 fully saturated rings. The molecular weight excluding hydrogens is 342 g/mol. The Morgan fingerprint density at radius 3 is 2.56 bits per heavy atom. The van der Waals surface area contributed by atoms with Gasteiger partial charge in [0.15, 0.2) is 0 Å². The van der Waals surface area contributed by atoms with Gasteiger partial charge < -0.3 is 19.6 Å². The number of hydrogen-bond acceptors (Lipinski definition) is 5. The van der Waals surface area contributed by atoms with Crippen molar-refractivity contribution in [1.29, 1.82) is 0 Å². The summed E-state index contributed by atoms with van der Waals surface area (Å²) in [5.41, 5.74) is 0.0313. The zero-order valence-electron chi connectivity index (χ0n) is 16.6. The van der Waals surface area contributed by atoms with Crippen LogP contribution in [-0.4, -0.2) is 91.3 Å². The van der Waals surface area contributed by atoms with Gasteiger partial charge in [-0.05, 0) is 26.0 Å². The van der Waals surface area contributed by atoms with Crippen molar-refractivity contribution in [3.05, 3.63) is 35.9 Å². The second kappa shape index (κ2) is 9.15. The third-order valence-corrected chi connectivity index (χ3v) is 5.98. The third kappa shape index (κ3) is 4.69. The van der Waals surface area contributed by atoms with Crippen LogP contribution >= 0.6 is 0 Å². The molecule has 2 saturated heterocycles. The van der Waals surface area contributed by atoms with Gasteiger partial charge in [0.25, 0.3) is 0 Å². The largest absolute Gasteiger partial charge is 0.383 e. The van der Waals surface area contributed by atoms with Crippen molar-refractivity contribution in [2.75, 3.05) is 59.5 Å². The van der Waals surface area contributed by atoms with Gasteiger partial charge >= 0.3 is 0 Å². The summed E-state index contributed by atoms with van der Waals surface area (Å²) in [4.78, 5) is 19.2. The molecule has 1 N–H and O–H groups in total. The molecular formula is C21H33N3O3. The van der Waals surface area contributed by atoms with Crippen molar-refractivity contribution >= 4 is 5.91 Å². The molecule has 0 unspecified atom stereocenters. The Morgan fingerprint density at radius 2 is 1.89 bits per heavy atom. The van der Waals surface area contributed by atoms with E-state index in [1.54, 1.807) is 0 Å². The van der Waals surface area contributed by atoms with Crippen molar-refractivity contribution in [2.24, 2.45) is 0 Å². The monoisotopic (exact) mass is 375 g/mol. The SMILES string of the molecule is CCOCCC(=O)N1CC[C@](O)(c2ccccc2)[C@H](N2CCN(C)CC2)C1. The Balaban J connectivity index is 1.77.